The summed E-state index contributed by atoms with van der Waals surface area (Å²) in [4.78, 5) is 11.8. The zero-order valence-electron chi connectivity index (χ0n) is 10.2. The van der Waals surface area contributed by atoms with Gasteiger partial charge in [-0.05, 0) is 42.9 Å². The second-order valence-corrected chi connectivity index (χ2v) is 5.13. The Balaban J connectivity index is 1.88. The third-order valence-corrected chi connectivity index (χ3v) is 4.02. The van der Waals surface area contributed by atoms with Gasteiger partial charge in [0.05, 0.1) is 0 Å². The van der Waals surface area contributed by atoms with Crippen molar-refractivity contribution in [3.8, 4) is 0 Å². The Hall–Kier alpha value is -1.09. The number of amides is 1. The van der Waals surface area contributed by atoms with E-state index in [4.69, 9.17) is 11.6 Å². The van der Waals surface area contributed by atoms with Crippen molar-refractivity contribution in [2.45, 2.75) is 19.3 Å². The van der Waals surface area contributed by atoms with Crippen LogP contribution >= 0.6 is 11.6 Å². The van der Waals surface area contributed by atoms with Crippen LogP contribution in [0.3, 0.4) is 0 Å². The summed E-state index contributed by atoms with van der Waals surface area (Å²) in [5.41, 5.74) is 0.371. The number of alkyl halides is 1. The lowest BCUT2D eigenvalue weighted by molar-refractivity contribution is 0.0944. The molecule has 1 aliphatic rings. The van der Waals surface area contributed by atoms with Gasteiger partial charge in [0, 0.05) is 18.0 Å². The molecule has 1 amide bonds. The van der Waals surface area contributed by atoms with Crippen LogP contribution in [0.25, 0.3) is 0 Å². The highest BCUT2D eigenvalue weighted by Crippen LogP contribution is 2.31. The Kier molecular flexibility index (Phi) is 4.59. The van der Waals surface area contributed by atoms with E-state index in [0.717, 1.165) is 12.8 Å². The highest BCUT2D eigenvalue weighted by molar-refractivity contribution is 6.18. The molecule has 1 aliphatic carbocycles. The highest BCUT2D eigenvalue weighted by atomic mass is 35.5. The van der Waals surface area contributed by atoms with Crippen LogP contribution in [-0.4, -0.2) is 18.3 Å². The van der Waals surface area contributed by atoms with E-state index in [2.05, 4.69) is 5.32 Å². The SMILES string of the molecule is O=C(NCC1CCCC1CCl)c1cccc(F)c1. The van der Waals surface area contributed by atoms with Crippen molar-refractivity contribution >= 4 is 17.5 Å². The lowest BCUT2D eigenvalue weighted by Crippen LogP contribution is -2.31. The largest absolute Gasteiger partial charge is 0.352 e. The highest BCUT2D eigenvalue weighted by Gasteiger charge is 2.26. The number of hydrogen-bond acceptors (Lipinski definition) is 1. The van der Waals surface area contributed by atoms with Crippen molar-refractivity contribution in [1.29, 1.82) is 0 Å². The molecule has 0 aromatic heterocycles. The van der Waals surface area contributed by atoms with E-state index in [-0.39, 0.29) is 11.7 Å². The Bertz CT molecular complexity index is 424. The number of halogens is 2. The number of carbonyl (C=O) groups is 1. The third kappa shape index (κ3) is 3.22. The summed E-state index contributed by atoms with van der Waals surface area (Å²) in [7, 11) is 0. The molecule has 0 radical (unpaired) electrons. The Morgan fingerprint density at radius 1 is 1.39 bits per heavy atom. The van der Waals surface area contributed by atoms with E-state index in [1.54, 1.807) is 12.1 Å². The third-order valence-electron chi connectivity index (χ3n) is 3.63. The fourth-order valence-corrected chi connectivity index (χ4v) is 2.95. The molecule has 2 nitrogen and oxygen atoms in total. The second kappa shape index (κ2) is 6.19. The monoisotopic (exact) mass is 269 g/mol. The molecule has 1 aromatic carbocycles. The van der Waals surface area contributed by atoms with Gasteiger partial charge in [-0.25, -0.2) is 4.39 Å². The van der Waals surface area contributed by atoms with Crippen molar-refractivity contribution in [3.63, 3.8) is 0 Å². The van der Waals surface area contributed by atoms with Crippen LogP contribution in [0.1, 0.15) is 29.6 Å². The maximum absolute atomic E-state index is 13.0. The van der Waals surface area contributed by atoms with Gasteiger partial charge in [-0.15, -0.1) is 11.6 Å². The lowest BCUT2D eigenvalue weighted by atomic mass is 9.98. The van der Waals surface area contributed by atoms with Crippen molar-refractivity contribution < 1.29 is 9.18 Å². The fourth-order valence-electron chi connectivity index (χ4n) is 2.54. The number of rotatable bonds is 4. The zero-order chi connectivity index (χ0) is 13.0. The van der Waals surface area contributed by atoms with Gasteiger partial charge in [0.1, 0.15) is 5.82 Å². The van der Waals surface area contributed by atoms with Gasteiger partial charge < -0.3 is 5.32 Å². The Labute approximate surface area is 112 Å². The van der Waals surface area contributed by atoms with Crippen LogP contribution in [-0.2, 0) is 0 Å². The van der Waals surface area contributed by atoms with Crippen LogP contribution in [0, 0.1) is 17.7 Å². The Morgan fingerprint density at radius 2 is 2.17 bits per heavy atom. The number of carbonyl (C=O) groups excluding carboxylic acids is 1. The standard InChI is InChI=1S/C14H17ClFNO/c15-8-11-4-1-5-12(11)9-17-14(18)10-3-2-6-13(16)7-10/h2-3,6-7,11-12H,1,4-5,8-9H2,(H,17,18). The first-order valence-electron chi connectivity index (χ1n) is 6.30. The van der Waals surface area contributed by atoms with E-state index < -0.39 is 0 Å². The number of nitrogens with one attached hydrogen (secondary N) is 1. The quantitative estimate of drug-likeness (QED) is 0.836. The van der Waals surface area contributed by atoms with E-state index in [1.165, 1.54) is 18.6 Å². The molecule has 1 fully saturated rings. The summed E-state index contributed by atoms with van der Waals surface area (Å²) in [5, 5.41) is 2.87. The predicted molar refractivity (Wildman–Crippen MR) is 70.3 cm³/mol. The van der Waals surface area contributed by atoms with Crippen LogP contribution in [0.15, 0.2) is 24.3 Å². The molecule has 0 saturated heterocycles. The minimum Gasteiger partial charge on any atom is -0.352 e. The van der Waals surface area contributed by atoms with Gasteiger partial charge in [-0.1, -0.05) is 12.5 Å². The van der Waals surface area contributed by atoms with Crippen LogP contribution in [0.5, 0.6) is 0 Å². The van der Waals surface area contributed by atoms with Gasteiger partial charge in [0.25, 0.3) is 5.91 Å². The molecule has 2 atom stereocenters. The first-order valence-corrected chi connectivity index (χ1v) is 6.84. The first-order chi connectivity index (χ1) is 8.70. The van der Waals surface area contributed by atoms with Crippen LogP contribution < -0.4 is 5.32 Å². The molecule has 98 valence electrons. The van der Waals surface area contributed by atoms with Crippen molar-refractivity contribution in [2.24, 2.45) is 11.8 Å². The fraction of sp³-hybridized carbons (Fsp3) is 0.500. The summed E-state index contributed by atoms with van der Waals surface area (Å²) in [6.45, 7) is 0.632. The van der Waals surface area contributed by atoms with Gasteiger partial charge in [0.15, 0.2) is 0 Å². The van der Waals surface area contributed by atoms with Gasteiger partial charge in [-0.2, -0.15) is 0 Å². The Morgan fingerprint density at radius 3 is 2.89 bits per heavy atom. The maximum Gasteiger partial charge on any atom is 0.251 e. The molecule has 1 saturated carbocycles. The second-order valence-electron chi connectivity index (χ2n) is 4.83. The lowest BCUT2D eigenvalue weighted by Gasteiger charge is -2.17. The molecule has 18 heavy (non-hydrogen) atoms. The summed E-state index contributed by atoms with van der Waals surface area (Å²) >= 11 is 5.89. The molecular formula is C14H17ClFNO. The minimum absolute atomic E-state index is 0.213. The molecule has 1 N–H and O–H groups in total. The normalized spacial score (nSPS) is 23.0. The first kappa shape index (κ1) is 13.3. The zero-order valence-corrected chi connectivity index (χ0v) is 10.9. The molecule has 0 aliphatic heterocycles. The maximum atomic E-state index is 13.0. The number of hydrogen-bond donors (Lipinski definition) is 1. The summed E-state index contributed by atoms with van der Waals surface area (Å²) in [5.74, 6) is 1.01. The molecular weight excluding hydrogens is 253 g/mol. The molecule has 0 bridgehead atoms. The average Bonchev–Trinajstić information content (AvgIpc) is 2.83. The summed E-state index contributed by atoms with van der Waals surface area (Å²) < 4.78 is 13.0. The van der Waals surface area contributed by atoms with E-state index in [0.29, 0.717) is 29.8 Å². The topological polar surface area (TPSA) is 29.1 Å². The molecule has 2 rings (SSSR count). The summed E-state index contributed by atoms with van der Waals surface area (Å²) in [6, 6.07) is 5.74. The van der Waals surface area contributed by atoms with E-state index >= 15 is 0 Å². The molecule has 0 heterocycles. The summed E-state index contributed by atoms with van der Waals surface area (Å²) in [6.07, 6.45) is 3.43. The molecule has 0 spiro atoms. The smallest absolute Gasteiger partial charge is 0.251 e. The van der Waals surface area contributed by atoms with E-state index in [9.17, 15) is 9.18 Å². The molecule has 2 unspecified atom stereocenters. The predicted octanol–water partition coefficient (Wildman–Crippen LogP) is 3.21. The van der Waals surface area contributed by atoms with Gasteiger partial charge >= 0.3 is 0 Å². The van der Waals surface area contributed by atoms with Crippen molar-refractivity contribution in [3.05, 3.63) is 35.6 Å². The molecule has 1 aromatic rings. The van der Waals surface area contributed by atoms with E-state index in [1.807, 2.05) is 0 Å². The van der Waals surface area contributed by atoms with Crippen molar-refractivity contribution in [2.75, 3.05) is 12.4 Å². The molecule has 4 heteroatoms. The van der Waals surface area contributed by atoms with Crippen LogP contribution in [0.4, 0.5) is 4.39 Å². The van der Waals surface area contributed by atoms with Gasteiger partial charge in [0.2, 0.25) is 0 Å². The number of benzene rings is 1. The van der Waals surface area contributed by atoms with Crippen LogP contribution in [0.2, 0.25) is 0 Å². The minimum atomic E-state index is -0.387. The van der Waals surface area contributed by atoms with Gasteiger partial charge in [-0.3, -0.25) is 4.79 Å². The average molecular weight is 270 g/mol. The van der Waals surface area contributed by atoms with Crippen molar-refractivity contribution in [1.82, 2.24) is 5.32 Å².